The third-order valence-electron chi connectivity index (χ3n) is 7.18. The molecular weight excluding hydrogens is 412 g/mol. The number of benzene rings is 1. The van der Waals surface area contributed by atoms with Crippen LogP contribution >= 0.6 is 11.8 Å². The first kappa shape index (κ1) is 22.1. The smallest absolute Gasteiger partial charge is 0.246 e. The average Bonchev–Trinajstić information content (AvgIpc) is 3.09. The molecule has 4 N–H and O–H groups in total. The summed E-state index contributed by atoms with van der Waals surface area (Å²) in [6.07, 6.45) is 4.26. The lowest BCUT2D eigenvalue weighted by Crippen LogP contribution is -2.56. The molecule has 0 bridgehead atoms. The summed E-state index contributed by atoms with van der Waals surface area (Å²) in [5, 5.41) is 5.72. The molecule has 3 amide bonds. The van der Waals surface area contributed by atoms with Crippen molar-refractivity contribution in [3.63, 3.8) is 0 Å². The number of rotatable bonds is 5. The molecule has 2 saturated heterocycles. The van der Waals surface area contributed by atoms with E-state index in [4.69, 9.17) is 5.73 Å². The predicted octanol–water partition coefficient (Wildman–Crippen LogP) is 1.05. The van der Waals surface area contributed by atoms with Gasteiger partial charge in [0.1, 0.15) is 12.1 Å². The number of nitrogens with two attached hydrogens (primary N) is 1. The van der Waals surface area contributed by atoms with Crippen molar-refractivity contribution in [1.29, 1.82) is 0 Å². The Balaban J connectivity index is 1.55. The van der Waals surface area contributed by atoms with E-state index < -0.39 is 18.0 Å². The number of hydrogen-bond donors (Lipinski definition) is 3. The molecule has 3 aliphatic rings. The summed E-state index contributed by atoms with van der Waals surface area (Å²) >= 11 is 1.71. The van der Waals surface area contributed by atoms with Crippen LogP contribution in [0.15, 0.2) is 24.3 Å². The van der Waals surface area contributed by atoms with Crippen LogP contribution in [0.2, 0.25) is 0 Å². The molecule has 168 valence electrons. The second-order valence-corrected chi connectivity index (χ2v) is 10.2. The summed E-state index contributed by atoms with van der Waals surface area (Å²) in [6.45, 7) is 1.76. The Labute approximate surface area is 187 Å². The fourth-order valence-electron chi connectivity index (χ4n) is 5.36. The van der Waals surface area contributed by atoms with E-state index in [1.165, 1.54) is 11.1 Å². The lowest BCUT2D eigenvalue weighted by molar-refractivity contribution is -0.142. The topological polar surface area (TPSA) is 105 Å². The van der Waals surface area contributed by atoms with E-state index in [2.05, 4.69) is 34.9 Å². The van der Waals surface area contributed by atoms with E-state index in [-0.39, 0.29) is 29.1 Å². The number of likely N-dealkylation sites (N-methyl/N-ethyl adjacent to an activating group) is 1. The average molecular weight is 445 g/mol. The van der Waals surface area contributed by atoms with Crippen molar-refractivity contribution < 1.29 is 14.4 Å². The molecule has 8 heteroatoms. The molecule has 31 heavy (non-hydrogen) atoms. The largest absolute Gasteiger partial charge is 0.368 e. The highest BCUT2D eigenvalue weighted by Crippen LogP contribution is 2.45. The van der Waals surface area contributed by atoms with Crippen molar-refractivity contribution in [3.05, 3.63) is 35.4 Å². The van der Waals surface area contributed by atoms with Crippen LogP contribution in [-0.2, 0) is 27.2 Å². The number of hydrogen-bond acceptors (Lipinski definition) is 5. The van der Waals surface area contributed by atoms with Crippen LogP contribution in [0.1, 0.15) is 37.3 Å². The van der Waals surface area contributed by atoms with Gasteiger partial charge in [-0.15, -0.1) is 11.8 Å². The van der Waals surface area contributed by atoms with Gasteiger partial charge in [0.05, 0.1) is 11.4 Å². The molecule has 2 heterocycles. The SMILES string of the molecule is CN[C@@H](C)C(=O)N[C@H]1CCS[C@H]2CC(C3CCc4ccccc4C3)[C@@H](C(N)=O)N2C1=O. The van der Waals surface area contributed by atoms with E-state index in [0.717, 1.165) is 31.4 Å². The van der Waals surface area contributed by atoms with Crippen molar-refractivity contribution in [2.45, 2.75) is 62.5 Å². The van der Waals surface area contributed by atoms with Crippen molar-refractivity contribution in [1.82, 2.24) is 15.5 Å². The molecule has 1 aromatic carbocycles. The van der Waals surface area contributed by atoms with Gasteiger partial charge >= 0.3 is 0 Å². The molecule has 4 rings (SSSR count). The Kier molecular flexibility index (Phi) is 6.57. The number of thioether (sulfide) groups is 1. The summed E-state index contributed by atoms with van der Waals surface area (Å²) in [6, 6.07) is 6.87. The number of fused-ring (bicyclic) bond motifs is 2. The van der Waals surface area contributed by atoms with Gasteiger partial charge in [0.15, 0.2) is 0 Å². The van der Waals surface area contributed by atoms with Crippen LogP contribution in [0.3, 0.4) is 0 Å². The Hall–Kier alpha value is -2.06. The number of aryl methyl sites for hydroxylation is 1. The van der Waals surface area contributed by atoms with Gasteiger partial charge in [-0.1, -0.05) is 24.3 Å². The minimum atomic E-state index is -0.617. The maximum atomic E-state index is 13.5. The molecule has 1 aromatic rings. The highest BCUT2D eigenvalue weighted by molar-refractivity contribution is 7.99. The summed E-state index contributed by atoms with van der Waals surface area (Å²) < 4.78 is 0. The Morgan fingerprint density at radius 1 is 1.23 bits per heavy atom. The molecule has 1 aliphatic carbocycles. The highest BCUT2D eigenvalue weighted by Gasteiger charge is 2.52. The number of nitrogens with one attached hydrogen (secondary N) is 2. The van der Waals surface area contributed by atoms with E-state index in [9.17, 15) is 14.4 Å². The fourth-order valence-corrected chi connectivity index (χ4v) is 6.76. The standard InChI is InChI=1S/C23H32N4O3S/c1-13(25-2)22(29)26-18-9-10-31-19-12-17(20(21(24)28)27(19)23(18)30)16-8-7-14-5-3-4-6-15(14)11-16/h3-6,13,16-20,25H,7-12H2,1-2H3,(H2,24,28)(H,26,29)/t13-,16?,17?,18-,19-,20-/m0/s1. The normalized spacial score (nSPS) is 31.4. The van der Waals surface area contributed by atoms with Crippen LogP contribution in [0.5, 0.6) is 0 Å². The first-order valence-corrected chi connectivity index (χ1v) is 12.2. The Morgan fingerprint density at radius 2 is 1.97 bits per heavy atom. The van der Waals surface area contributed by atoms with Crippen molar-refractivity contribution >= 4 is 29.5 Å². The highest BCUT2D eigenvalue weighted by atomic mass is 32.2. The van der Waals surface area contributed by atoms with Gasteiger partial charge in [0.25, 0.3) is 0 Å². The number of nitrogens with zero attached hydrogens (tertiary/aromatic N) is 1. The quantitative estimate of drug-likeness (QED) is 0.630. The number of amides is 3. The zero-order valence-electron chi connectivity index (χ0n) is 18.2. The van der Waals surface area contributed by atoms with Crippen LogP contribution < -0.4 is 16.4 Å². The van der Waals surface area contributed by atoms with Crippen LogP contribution in [0, 0.1) is 11.8 Å². The molecular formula is C23H32N4O3S. The summed E-state index contributed by atoms with van der Waals surface area (Å²) in [5.41, 5.74) is 8.61. The van der Waals surface area contributed by atoms with E-state index in [0.29, 0.717) is 12.3 Å². The summed E-state index contributed by atoms with van der Waals surface area (Å²) in [4.78, 5) is 40.2. The summed E-state index contributed by atoms with van der Waals surface area (Å²) in [7, 11) is 1.71. The molecule has 0 saturated carbocycles. The van der Waals surface area contributed by atoms with Crippen molar-refractivity contribution in [2.75, 3.05) is 12.8 Å². The monoisotopic (exact) mass is 444 g/mol. The molecule has 0 spiro atoms. The van der Waals surface area contributed by atoms with Gasteiger partial charge in [0, 0.05) is 0 Å². The second kappa shape index (κ2) is 9.20. The van der Waals surface area contributed by atoms with Gasteiger partial charge < -0.3 is 21.3 Å². The number of carbonyl (C=O) groups is 3. The molecule has 2 fully saturated rings. The van der Waals surface area contributed by atoms with E-state index >= 15 is 0 Å². The predicted molar refractivity (Wildman–Crippen MR) is 121 cm³/mol. The third-order valence-corrected chi connectivity index (χ3v) is 8.46. The van der Waals surface area contributed by atoms with Crippen LogP contribution in [0.25, 0.3) is 0 Å². The van der Waals surface area contributed by atoms with E-state index in [1.54, 1.807) is 30.6 Å². The Bertz CT molecular complexity index is 863. The minimum Gasteiger partial charge on any atom is -0.368 e. The maximum absolute atomic E-state index is 13.5. The van der Waals surface area contributed by atoms with Crippen molar-refractivity contribution in [3.8, 4) is 0 Å². The molecule has 0 radical (unpaired) electrons. The lowest BCUT2D eigenvalue weighted by atomic mass is 9.74. The molecule has 7 nitrogen and oxygen atoms in total. The first-order valence-electron chi connectivity index (χ1n) is 11.2. The zero-order chi connectivity index (χ0) is 22.1. The minimum absolute atomic E-state index is 0.0537. The van der Waals surface area contributed by atoms with E-state index in [1.807, 2.05) is 0 Å². The van der Waals surface area contributed by atoms with Crippen LogP contribution in [0.4, 0.5) is 0 Å². The first-order chi connectivity index (χ1) is 14.9. The molecule has 2 aliphatic heterocycles. The Morgan fingerprint density at radius 3 is 2.68 bits per heavy atom. The summed E-state index contributed by atoms with van der Waals surface area (Å²) in [5.74, 6) is 0.324. The van der Waals surface area contributed by atoms with Gasteiger partial charge in [-0.3, -0.25) is 14.4 Å². The molecule has 2 unspecified atom stereocenters. The lowest BCUT2D eigenvalue weighted by Gasteiger charge is -2.34. The third kappa shape index (κ3) is 4.32. The maximum Gasteiger partial charge on any atom is 0.246 e. The van der Waals surface area contributed by atoms with Crippen LogP contribution in [-0.4, -0.2) is 58.9 Å². The van der Waals surface area contributed by atoms with Crippen molar-refractivity contribution in [2.24, 2.45) is 17.6 Å². The number of primary amides is 1. The zero-order valence-corrected chi connectivity index (χ0v) is 19.0. The van der Waals surface area contributed by atoms with Gasteiger partial charge in [-0.25, -0.2) is 0 Å². The second-order valence-electron chi connectivity index (χ2n) is 8.95. The fraction of sp³-hybridized carbons (Fsp3) is 0.609. The van der Waals surface area contributed by atoms with Gasteiger partial charge in [-0.05, 0) is 74.8 Å². The van der Waals surface area contributed by atoms with Gasteiger partial charge in [0.2, 0.25) is 17.7 Å². The van der Waals surface area contributed by atoms with Gasteiger partial charge in [-0.2, -0.15) is 0 Å². The number of carbonyl (C=O) groups excluding carboxylic acids is 3. The molecule has 0 aromatic heterocycles. The molecule has 6 atom stereocenters.